The van der Waals surface area contributed by atoms with Crippen molar-refractivity contribution < 1.29 is 9.90 Å². The molecule has 1 aromatic carbocycles. The van der Waals surface area contributed by atoms with Crippen LogP contribution in [-0.2, 0) is 0 Å². The first-order valence-corrected chi connectivity index (χ1v) is 7.83. The van der Waals surface area contributed by atoms with Crippen LogP contribution in [0.25, 0.3) is 0 Å². The summed E-state index contributed by atoms with van der Waals surface area (Å²) in [5, 5.41) is 12.0. The van der Waals surface area contributed by atoms with Crippen molar-refractivity contribution in [2.24, 2.45) is 0 Å². The summed E-state index contributed by atoms with van der Waals surface area (Å²) < 4.78 is 0. The Morgan fingerprint density at radius 3 is 2.86 bits per heavy atom. The molecule has 106 valence electrons. The molecule has 0 unspecified atom stereocenters. The van der Waals surface area contributed by atoms with Gasteiger partial charge in [0.25, 0.3) is 0 Å². The van der Waals surface area contributed by atoms with Crippen LogP contribution >= 0.6 is 11.3 Å². The SMILES string of the molecule is Cc1c(C#Cc2nc(C3CCC3)cs2)cccc1C(=O)O. The Morgan fingerprint density at radius 2 is 2.19 bits per heavy atom. The Hall–Kier alpha value is -2.12. The maximum absolute atomic E-state index is 11.1. The topological polar surface area (TPSA) is 50.2 Å². The molecule has 0 amide bonds. The number of aromatic carboxylic acids is 1. The summed E-state index contributed by atoms with van der Waals surface area (Å²) in [5.41, 5.74) is 2.91. The predicted octanol–water partition coefficient (Wildman–Crippen LogP) is 3.82. The molecule has 0 spiro atoms. The molecule has 1 N–H and O–H groups in total. The average molecular weight is 297 g/mol. The van der Waals surface area contributed by atoms with Gasteiger partial charge in [0.15, 0.2) is 5.01 Å². The van der Waals surface area contributed by atoms with Gasteiger partial charge in [-0.3, -0.25) is 0 Å². The molecule has 4 heteroatoms. The Labute approximate surface area is 127 Å². The highest BCUT2D eigenvalue weighted by molar-refractivity contribution is 7.10. The van der Waals surface area contributed by atoms with Crippen LogP contribution in [-0.4, -0.2) is 16.1 Å². The van der Waals surface area contributed by atoms with E-state index in [1.165, 1.54) is 19.3 Å². The largest absolute Gasteiger partial charge is 0.478 e. The number of rotatable bonds is 2. The van der Waals surface area contributed by atoms with Crippen LogP contribution in [0, 0.1) is 18.8 Å². The zero-order valence-corrected chi connectivity index (χ0v) is 12.5. The number of hydrogen-bond donors (Lipinski definition) is 1. The summed E-state index contributed by atoms with van der Waals surface area (Å²) in [7, 11) is 0. The van der Waals surface area contributed by atoms with Crippen molar-refractivity contribution in [3.05, 3.63) is 51.0 Å². The summed E-state index contributed by atoms with van der Waals surface area (Å²) in [6, 6.07) is 5.16. The molecule has 1 aliphatic carbocycles. The minimum absolute atomic E-state index is 0.302. The second kappa shape index (κ2) is 5.71. The van der Waals surface area contributed by atoms with E-state index in [1.807, 2.05) is 6.07 Å². The molecule has 2 aromatic rings. The number of thiazole rings is 1. The van der Waals surface area contributed by atoms with Crippen LogP contribution in [0.3, 0.4) is 0 Å². The van der Waals surface area contributed by atoms with Crippen molar-refractivity contribution in [1.82, 2.24) is 4.98 Å². The molecule has 21 heavy (non-hydrogen) atoms. The highest BCUT2D eigenvalue weighted by atomic mass is 32.1. The molecule has 0 atom stereocenters. The third-order valence-electron chi connectivity index (χ3n) is 3.91. The van der Waals surface area contributed by atoms with Gasteiger partial charge in [-0.25, -0.2) is 9.78 Å². The van der Waals surface area contributed by atoms with Crippen LogP contribution in [0.4, 0.5) is 0 Å². The highest BCUT2D eigenvalue weighted by Gasteiger charge is 2.21. The van der Waals surface area contributed by atoms with E-state index in [4.69, 9.17) is 5.11 Å². The fourth-order valence-electron chi connectivity index (χ4n) is 2.36. The number of benzene rings is 1. The molecule has 0 radical (unpaired) electrons. The summed E-state index contributed by atoms with van der Waals surface area (Å²) >= 11 is 1.56. The van der Waals surface area contributed by atoms with E-state index < -0.39 is 5.97 Å². The lowest BCUT2D eigenvalue weighted by molar-refractivity contribution is 0.0696. The van der Waals surface area contributed by atoms with Gasteiger partial charge in [0.05, 0.1) is 11.3 Å². The first-order valence-electron chi connectivity index (χ1n) is 6.95. The van der Waals surface area contributed by atoms with Crippen LogP contribution in [0.2, 0.25) is 0 Å². The third-order valence-corrected chi connectivity index (χ3v) is 4.69. The van der Waals surface area contributed by atoms with E-state index in [0.29, 0.717) is 17.0 Å². The van der Waals surface area contributed by atoms with Gasteiger partial charge in [-0.2, -0.15) is 0 Å². The van der Waals surface area contributed by atoms with Gasteiger partial charge >= 0.3 is 5.97 Å². The third kappa shape index (κ3) is 2.84. The van der Waals surface area contributed by atoms with Gasteiger partial charge in [0, 0.05) is 16.9 Å². The van der Waals surface area contributed by atoms with Crippen LogP contribution in [0.1, 0.15) is 57.4 Å². The van der Waals surface area contributed by atoms with Gasteiger partial charge in [0.2, 0.25) is 0 Å². The molecule has 1 aliphatic rings. The molecule has 3 nitrogen and oxygen atoms in total. The number of nitrogens with zero attached hydrogens (tertiary/aromatic N) is 1. The molecule has 0 saturated heterocycles. The van der Waals surface area contributed by atoms with Gasteiger partial charge < -0.3 is 5.11 Å². The summed E-state index contributed by atoms with van der Waals surface area (Å²) in [6.45, 7) is 1.79. The molecular weight excluding hydrogens is 282 g/mol. The molecule has 1 saturated carbocycles. The molecule has 1 heterocycles. The molecule has 3 rings (SSSR count). The van der Waals surface area contributed by atoms with E-state index >= 15 is 0 Å². The van der Waals surface area contributed by atoms with Crippen molar-refractivity contribution >= 4 is 17.3 Å². The maximum Gasteiger partial charge on any atom is 0.335 e. The monoisotopic (exact) mass is 297 g/mol. The van der Waals surface area contributed by atoms with Gasteiger partial charge in [0.1, 0.15) is 0 Å². The second-order valence-electron chi connectivity index (χ2n) is 5.24. The highest BCUT2D eigenvalue weighted by Crippen LogP contribution is 2.36. The summed E-state index contributed by atoms with van der Waals surface area (Å²) in [5.74, 6) is 5.80. The van der Waals surface area contributed by atoms with Gasteiger partial charge in [-0.15, -0.1) is 11.3 Å². The second-order valence-corrected chi connectivity index (χ2v) is 6.10. The van der Waals surface area contributed by atoms with E-state index in [-0.39, 0.29) is 0 Å². The average Bonchev–Trinajstić information content (AvgIpc) is 2.83. The van der Waals surface area contributed by atoms with E-state index in [9.17, 15) is 4.79 Å². The molecular formula is C17H15NO2S. The van der Waals surface area contributed by atoms with Gasteiger partial charge in [-0.1, -0.05) is 18.4 Å². The lowest BCUT2D eigenvalue weighted by Gasteiger charge is -2.22. The van der Waals surface area contributed by atoms with E-state index in [2.05, 4.69) is 22.2 Å². The molecule has 1 aromatic heterocycles. The smallest absolute Gasteiger partial charge is 0.335 e. The molecule has 0 bridgehead atoms. The minimum Gasteiger partial charge on any atom is -0.478 e. The van der Waals surface area contributed by atoms with Crippen molar-refractivity contribution in [3.8, 4) is 11.8 Å². The van der Waals surface area contributed by atoms with Crippen molar-refractivity contribution in [2.45, 2.75) is 32.1 Å². The minimum atomic E-state index is -0.919. The quantitative estimate of drug-likeness (QED) is 0.857. The lowest BCUT2D eigenvalue weighted by Crippen LogP contribution is -2.08. The summed E-state index contributed by atoms with van der Waals surface area (Å²) in [6.07, 6.45) is 3.76. The maximum atomic E-state index is 11.1. The van der Waals surface area contributed by atoms with Crippen molar-refractivity contribution in [2.75, 3.05) is 0 Å². The predicted molar refractivity (Wildman–Crippen MR) is 82.8 cm³/mol. The van der Waals surface area contributed by atoms with Crippen LogP contribution < -0.4 is 0 Å². The lowest BCUT2D eigenvalue weighted by atomic mass is 9.83. The molecule has 1 fully saturated rings. The summed E-state index contributed by atoms with van der Waals surface area (Å²) in [4.78, 5) is 15.7. The van der Waals surface area contributed by atoms with E-state index in [0.717, 1.165) is 16.3 Å². The fraction of sp³-hybridized carbons (Fsp3) is 0.294. The fourth-order valence-corrected chi connectivity index (χ4v) is 3.10. The number of carbonyl (C=O) groups is 1. The Balaban J connectivity index is 1.85. The first kappa shape index (κ1) is 13.8. The Morgan fingerprint density at radius 1 is 1.38 bits per heavy atom. The zero-order valence-electron chi connectivity index (χ0n) is 11.7. The molecule has 0 aliphatic heterocycles. The number of carboxylic acids is 1. The number of carboxylic acid groups (broad SMARTS) is 1. The van der Waals surface area contributed by atoms with Crippen molar-refractivity contribution in [1.29, 1.82) is 0 Å². The Kier molecular flexibility index (Phi) is 3.76. The number of aromatic nitrogens is 1. The van der Waals surface area contributed by atoms with Gasteiger partial charge in [-0.05, 0) is 43.4 Å². The van der Waals surface area contributed by atoms with E-state index in [1.54, 1.807) is 30.4 Å². The Bertz CT molecular complexity index is 748. The van der Waals surface area contributed by atoms with Crippen molar-refractivity contribution in [3.63, 3.8) is 0 Å². The van der Waals surface area contributed by atoms with Crippen LogP contribution in [0.5, 0.6) is 0 Å². The standard InChI is InChI=1S/C17H15NO2S/c1-11-12(4-3-7-14(11)17(19)20)8-9-16-18-15(10-21-16)13-5-2-6-13/h3-4,7,10,13H,2,5-6H2,1H3,(H,19,20). The normalized spacial score (nSPS) is 14.1. The van der Waals surface area contributed by atoms with Crippen LogP contribution in [0.15, 0.2) is 23.6 Å². The zero-order chi connectivity index (χ0) is 14.8. The first-order chi connectivity index (χ1) is 10.1. The number of hydrogen-bond acceptors (Lipinski definition) is 3.